The first-order chi connectivity index (χ1) is 15.8. The highest BCUT2D eigenvalue weighted by Gasteiger charge is 2.48. The lowest BCUT2D eigenvalue weighted by molar-refractivity contribution is -0.121. The molecule has 3 rings (SSSR count). The lowest BCUT2D eigenvalue weighted by Crippen LogP contribution is -2.49. The number of carbonyl (C=O) groups excluding carboxylic acids is 1. The number of hydrogen-bond donors (Lipinski definition) is 0. The van der Waals surface area contributed by atoms with E-state index in [1.54, 1.807) is 13.0 Å². The number of likely N-dealkylation sites (tertiary alicyclic amines) is 1. The van der Waals surface area contributed by atoms with Gasteiger partial charge in [0.05, 0.1) is 0 Å². The largest absolute Gasteiger partial charge is 0.534 e. The van der Waals surface area contributed by atoms with Crippen LogP contribution in [-0.4, -0.2) is 44.2 Å². The van der Waals surface area contributed by atoms with Crippen molar-refractivity contribution in [3.63, 3.8) is 0 Å². The Morgan fingerprint density at radius 1 is 1.18 bits per heavy atom. The van der Waals surface area contributed by atoms with E-state index in [0.29, 0.717) is 32.5 Å². The van der Waals surface area contributed by atoms with Gasteiger partial charge in [-0.1, -0.05) is 56.3 Å². The highest BCUT2D eigenvalue weighted by Crippen LogP contribution is 2.41. The molecule has 1 aliphatic rings. The molecule has 1 aliphatic heterocycles. The van der Waals surface area contributed by atoms with E-state index in [9.17, 15) is 26.4 Å². The highest BCUT2D eigenvalue weighted by atomic mass is 32.2. The molecule has 2 aromatic rings. The number of halogens is 3. The van der Waals surface area contributed by atoms with Crippen LogP contribution in [0, 0.1) is 11.8 Å². The Balaban J connectivity index is 1.71. The number of nitrogens with zero attached hydrogens (tertiary/aromatic N) is 1. The molecule has 2 aromatic carbocycles. The summed E-state index contributed by atoms with van der Waals surface area (Å²) < 4.78 is 65.3. The van der Waals surface area contributed by atoms with Gasteiger partial charge in [0.2, 0.25) is 0 Å². The molecule has 0 amide bonds. The van der Waals surface area contributed by atoms with Crippen molar-refractivity contribution < 1.29 is 30.6 Å². The number of ketones is 1. The summed E-state index contributed by atoms with van der Waals surface area (Å²) in [4.78, 5) is 14.6. The van der Waals surface area contributed by atoms with E-state index in [-0.39, 0.29) is 28.8 Å². The Bertz CT molecular complexity index is 1100. The molecule has 0 radical (unpaired) electrons. The van der Waals surface area contributed by atoms with Crippen LogP contribution in [0.3, 0.4) is 0 Å². The van der Waals surface area contributed by atoms with E-state index in [2.05, 4.69) is 16.0 Å². The van der Waals surface area contributed by atoms with Crippen LogP contribution in [0.1, 0.15) is 38.3 Å². The van der Waals surface area contributed by atoms with Crippen LogP contribution in [0.5, 0.6) is 5.75 Å². The molecule has 0 bridgehead atoms. The maximum atomic E-state index is 12.7. The maximum absolute atomic E-state index is 12.7. The average Bonchev–Trinajstić information content (AvgIpc) is 2.75. The molecule has 0 spiro atoms. The van der Waals surface area contributed by atoms with Crippen molar-refractivity contribution in [2.75, 3.05) is 19.6 Å². The fourth-order valence-electron chi connectivity index (χ4n) is 4.54. The van der Waals surface area contributed by atoms with Crippen LogP contribution in [0.2, 0.25) is 0 Å². The van der Waals surface area contributed by atoms with E-state index >= 15 is 0 Å². The van der Waals surface area contributed by atoms with E-state index in [1.807, 2.05) is 37.3 Å². The van der Waals surface area contributed by atoms with Crippen molar-refractivity contribution in [3.05, 3.63) is 65.7 Å². The SMILES string of the molecule is CC(=O)[C@@H](Cc1ccccc1)CN1CC[C@@](C)(c2cccc(OS(=O)(=O)C(F)(F)F)c2)[C@@H](C)C1. The van der Waals surface area contributed by atoms with E-state index in [4.69, 9.17) is 0 Å². The third-order valence-corrected chi connectivity index (χ3v) is 7.91. The van der Waals surface area contributed by atoms with Gasteiger partial charge in [0.15, 0.2) is 0 Å². The topological polar surface area (TPSA) is 63.7 Å². The molecule has 1 saturated heterocycles. The zero-order chi connectivity index (χ0) is 25.1. The fourth-order valence-corrected chi connectivity index (χ4v) is 4.99. The van der Waals surface area contributed by atoms with Gasteiger partial charge in [-0.2, -0.15) is 21.6 Å². The van der Waals surface area contributed by atoms with Crippen LogP contribution in [0.4, 0.5) is 13.2 Å². The molecular formula is C25H30F3NO4S. The second-order valence-corrected chi connectivity index (χ2v) is 10.9. The average molecular weight is 498 g/mol. The van der Waals surface area contributed by atoms with Gasteiger partial charge in [-0.15, -0.1) is 0 Å². The summed E-state index contributed by atoms with van der Waals surface area (Å²) in [5.74, 6) is -0.228. The van der Waals surface area contributed by atoms with Crippen molar-refractivity contribution in [3.8, 4) is 5.75 Å². The first-order valence-electron chi connectivity index (χ1n) is 11.2. The minimum absolute atomic E-state index is 0.111. The van der Waals surface area contributed by atoms with Gasteiger partial charge < -0.3 is 9.08 Å². The van der Waals surface area contributed by atoms with Crippen LogP contribution in [-0.2, 0) is 26.7 Å². The predicted molar refractivity (Wildman–Crippen MR) is 124 cm³/mol. The van der Waals surface area contributed by atoms with E-state index < -0.39 is 15.6 Å². The van der Waals surface area contributed by atoms with Gasteiger partial charge in [0.25, 0.3) is 0 Å². The number of rotatable bonds is 8. The molecular weight excluding hydrogens is 467 g/mol. The minimum Gasteiger partial charge on any atom is -0.376 e. The number of piperidine rings is 1. The minimum atomic E-state index is -5.73. The number of carbonyl (C=O) groups is 1. The van der Waals surface area contributed by atoms with Crippen LogP contribution in [0.25, 0.3) is 0 Å². The number of hydrogen-bond acceptors (Lipinski definition) is 5. The summed E-state index contributed by atoms with van der Waals surface area (Å²) in [6.45, 7) is 7.76. The number of Topliss-reactive ketones (excluding diaryl/α,β-unsaturated/α-hetero) is 1. The Morgan fingerprint density at radius 3 is 2.44 bits per heavy atom. The quantitative estimate of drug-likeness (QED) is 0.381. The van der Waals surface area contributed by atoms with Gasteiger partial charge in [0.1, 0.15) is 11.5 Å². The van der Waals surface area contributed by atoms with Crippen molar-refractivity contribution in [2.45, 2.75) is 44.5 Å². The summed E-state index contributed by atoms with van der Waals surface area (Å²) in [5, 5.41) is 0. The van der Waals surface area contributed by atoms with Crippen molar-refractivity contribution >= 4 is 15.9 Å². The number of benzene rings is 2. The lowest BCUT2D eigenvalue weighted by atomic mass is 9.68. The second kappa shape index (κ2) is 10.1. The Hall–Kier alpha value is -2.39. The monoisotopic (exact) mass is 497 g/mol. The standard InChI is InChI=1S/C25H30F3NO4S/c1-18-16-29(17-21(19(2)30)14-20-8-5-4-6-9-20)13-12-24(18,3)22-10-7-11-23(15-22)33-34(31,32)25(26,27)28/h4-11,15,18,21H,12-14,16-17H2,1-3H3/t18-,21-,24+/m0/s1. The summed E-state index contributed by atoms with van der Waals surface area (Å²) >= 11 is 0. The maximum Gasteiger partial charge on any atom is 0.534 e. The molecule has 3 atom stereocenters. The molecule has 34 heavy (non-hydrogen) atoms. The van der Waals surface area contributed by atoms with Crippen LogP contribution < -0.4 is 4.18 Å². The lowest BCUT2D eigenvalue weighted by Gasteiger charge is -2.45. The van der Waals surface area contributed by atoms with Gasteiger partial charge >= 0.3 is 15.6 Å². The molecule has 1 fully saturated rings. The third-order valence-electron chi connectivity index (χ3n) is 6.93. The molecule has 0 aromatic heterocycles. The Labute approximate surface area is 199 Å². The zero-order valence-corrected chi connectivity index (χ0v) is 20.3. The molecule has 0 saturated carbocycles. The number of alkyl halides is 3. The van der Waals surface area contributed by atoms with Crippen LogP contribution in [0.15, 0.2) is 54.6 Å². The predicted octanol–water partition coefficient (Wildman–Crippen LogP) is 4.96. The highest BCUT2D eigenvalue weighted by molar-refractivity contribution is 7.88. The van der Waals surface area contributed by atoms with Gasteiger partial charge in [-0.05, 0) is 60.9 Å². The first kappa shape index (κ1) is 26.2. The first-order valence-corrected chi connectivity index (χ1v) is 12.6. The summed E-state index contributed by atoms with van der Waals surface area (Å²) in [6, 6.07) is 15.8. The summed E-state index contributed by atoms with van der Waals surface area (Å²) in [6.07, 6.45) is 1.38. The molecule has 5 nitrogen and oxygen atoms in total. The van der Waals surface area contributed by atoms with Crippen molar-refractivity contribution in [1.29, 1.82) is 0 Å². The molecule has 1 heterocycles. The van der Waals surface area contributed by atoms with Gasteiger partial charge in [0, 0.05) is 19.0 Å². The normalized spacial score (nSPS) is 22.8. The van der Waals surface area contributed by atoms with Gasteiger partial charge in [-0.3, -0.25) is 4.79 Å². The van der Waals surface area contributed by atoms with Gasteiger partial charge in [-0.25, -0.2) is 0 Å². The van der Waals surface area contributed by atoms with E-state index in [1.165, 1.54) is 18.2 Å². The Kier molecular flexibility index (Phi) is 7.77. The Morgan fingerprint density at radius 2 is 1.85 bits per heavy atom. The van der Waals surface area contributed by atoms with Crippen molar-refractivity contribution in [1.82, 2.24) is 4.90 Å². The third kappa shape index (κ3) is 5.99. The molecule has 0 N–H and O–H groups in total. The summed E-state index contributed by atoms with van der Waals surface area (Å²) in [5.41, 5.74) is -4.04. The zero-order valence-electron chi connectivity index (χ0n) is 19.5. The molecule has 0 aliphatic carbocycles. The van der Waals surface area contributed by atoms with Crippen molar-refractivity contribution in [2.24, 2.45) is 11.8 Å². The molecule has 9 heteroatoms. The van der Waals surface area contributed by atoms with Crippen LogP contribution >= 0.6 is 0 Å². The smallest absolute Gasteiger partial charge is 0.376 e. The molecule has 0 unspecified atom stereocenters. The summed E-state index contributed by atoms with van der Waals surface area (Å²) in [7, 11) is -5.73. The fraction of sp³-hybridized carbons (Fsp3) is 0.480. The second-order valence-electron chi connectivity index (χ2n) is 9.34. The molecule has 186 valence electrons. The van der Waals surface area contributed by atoms with E-state index in [0.717, 1.165) is 11.1 Å².